The highest BCUT2D eigenvalue weighted by Gasteiger charge is 2.06. The van der Waals surface area contributed by atoms with Crippen LogP contribution in [0.1, 0.15) is 43.5 Å². The molecule has 1 aromatic rings. The van der Waals surface area contributed by atoms with Gasteiger partial charge in [-0.05, 0) is 25.8 Å². The molecule has 0 amide bonds. The van der Waals surface area contributed by atoms with E-state index in [9.17, 15) is 9.90 Å². The van der Waals surface area contributed by atoms with E-state index in [4.69, 9.17) is 0 Å². The van der Waals surface area contributed by atoms with Crippen molar-refractivity contribution >= 4 is 5.78 Å². The number of hydrogen-bond donors (Lipinski definition) is 1. The summed E-state index contributed by atoms with van der Waals surface area (Å²) in [6, 6.07) is 9.19. The van der Waals surface area contributed by atoms with Crippen LogP contribution in [0.4, 0.5) is 0 Å². The van der Waals surface area contributed by atoms with E-state index >= 15 is 0 Å². The van der Waals surface area contributed by atoms with E-state index in [0.717, 1.165) is 18.4 Å². The first-order valence-electron chi connectivity index (χ1n) is 6.08. The van der Waals surface area contributed by atoms with Crippen molar-refractivity contribution in [3.63, 3.8) is 0 Å². The number of hydrogen-bond acceptors (Lipinski definition) is 2. The first-order chi connectivity index (χ1) is 8.13. The molecular weight excluding hydrogens is 212 g/mol. The van der Waals surface area contributed by atoms with E-state index in [1.165, 1.54) is 0 Å². The summed E-state index contributed by atoms with van der Waals surface area (Å²) in [6.07, 6.45) is 3.60. The maximum absolute atomic E-state index is 11.8. The molecule has 0 aliphatic heterocycles. The Morgan fingerprint density at radius 3 is 2.59 bits per heavy atom. The molecular formula is C15H20O2. The van der Waals surface area contributed by atoms with Crippen molar-refractivity contribution in [1.82, 2.24) is 0 Å². The zero-order chi connectivity index (χ0) is 12.7. The Hall–Kier alpha value is -1.41. The fourth-order valence-corrected chi connectivity index (χ4v) is 1.78. The van der Waals surface area contributed by atoms with Crippen LogP contribution < -0.4 is 0 Å². The lowest BCUT2D eigenvalue weighted by molar-refractivity contribution is 0.104. The summed E-state index contributed by atoms with van der Waals surface area (Å²) in [7, 11) is 0. The first-order valence-corrected chi connectivity index (χ1v) is 6.08. The average molecular weight is 232 g/mol. The van der Waals surface area contributed by atoms with Crippen molar-refractivity contribution in [1.29, 1.82) is 0 Å². The van der Waals surface area contributed by atoms with Gasteiger partial charge < -0.3 is 5.11 Å². The Morgan fingerprint density at radius 1 is 1.35 bits per heavy atom. The third kappa shape index (κ3) is 4.96. The van der Waals surface area contributed by atoms with Gasteiger partial charge in [0.1, 0.15) is 0 Å². The number of allylic oxidation sites excluding steroid dienone is 1. The summed E-state index contributed by atoms with van der Waals surface area (Å²) < 4.78 is 0. The molecule has 1 aromatic carbocycles. The molecule has 0 fully saturated rings. The van der Waals surface area contributed by atoms with Crippen LogP contribution >= 0.6 is 0 Å². The van der Waals surface area contributed by atoms with Crippen LogP contribution in [0.3, 0.4) is 0 Å². The molecule has 0 saturated carbocycles. The molecule has 1 rings (SSSR count). The predicted molar refractivity (Wildman–Crippen MR) is 70.1 cm³/mol. The highest BCUT2D eigenvalue weighted by Crippen LogP contribution is 2.11. The number of ketones is 1. The molecule has 92 valence electrons. The number of aliphatic hydroxyl groups is 1. The molecule has 2 heteroatoms. The maximum atomic E-state index is 11.8. The van der Waals surface area contributed by atoms with Crippen molar-refractivity contribution in [2.75, 3.05) is 0 Å². The van der Waals surface area contributed by atoms with Crippen LogP contribution in [-0.4, -0.2) is 17.0 Å². The molecule has 0 saturated heterocycles. The molecule has 0 heterocycles. The van der Waals surface area contributed by atoms with E-state index in [0.29, 0.717) is 12.0 Å². The molecule has 0 aliphatic carbocycles. The summed E-state index contributed by atoms with van der Waals surface area (Å²) in [5.41, 5.74) is 1.62. The van der Waals surface area contributed by atoms with Gasteiger partial charge in [0.15, 0.2) is 5.78 Å². The van der Waals surface area contributed by atoms with Gasteiger partial charge in [-0.3, -0.25) is 4.79 Å². The third-order valence-corrected chi connectivity index (χ3v) is 2.62. The number of carbonyl (C=O) groups excluding carboxylic acids is 1. The second kappa shape index (κ2) is 7.02. The van der Waals surface area contributed by atoms with Gasteiger partial charge in [0.2, 0.25) is 0 Å². The Bertz CT molecular complexity index is 379. The number of carbonyl (C=O) groups is 1. The van der Waals surface area contributed by atoms with Gasteiger partial charge in [0.25, 0.3) is 0 Å². The molecule has 17 heavy (non-hydrogen) atoms. The van der Waals surface area contributed by atoms with Crippen LogP contribution in [0.15, 0.2) is 42.0 Å². The lowest BCUT2D eigenvalue weighted by atomic mass is 10.0. The van der Waals surface area contributed by atoms with Crippen molar-refractivity contribution < 1.29 is 9.90 Å². The molecule has 2 nitrogen and oxygen atoms in total. The standard InChI is InChI=1S/C15H20O2/c1-3-7-14(16)10-12(2)11-15(17)13-8-5-4-6-9-13/h4-6,8-9,11,14,16H,3,7,10H2,1-2H3/b12-11+. The van der Waals surface area contributed by atoms with Crippen LogP contribution in [0.2, 0.25) is 0 Å². The first kappa shape index (κ1) is 13.7. The Balaban J connectivity index is 2.60. The second-order valence-corrected chi connectivity index (χ2v) is 4.37. The topological polar surface area (TPSA) is 37.3 Å². The molecule has 0 radical (unpaired) electrons. The van der Waals surface area contributed by atoms with Crippen LogP contribution in [0.25, 0.3) is 0 Å². The highest BCUT2D eigenvalue weighted by atomic mass is 16.3. The van der Waals surface area contributed by atoms with Crippen LogP contribution in [-0.2, 0) is 0 Å². The maximum Gasteiger partial charge on any atom is 0.185 e. The summed E-state index contributed by atoms with van der Waals surface area (Å²) in [6.45, 7) is 3.93. The minimum atomic E-state index is -0.333. The van der Waals surface area contributed by atoms with E-state index in [2.05, 4.69) is 0 Å². The van der Waals surface area contributed by atoms with Gasteiger partial charge in [-0.2, -0.15) is 0 Å². The Kier molecular flexibility index (Phi) is 5.64. The zero-order valence-electron chi connectivity index (χ0n) is 10.5. The van der Waals surface area contributed by atoms with E-state index < -0.39 is 0 Å². The van der Waals surface area contributed by atoms with E-state index in [-0.39, 0.29) is 11.9 Å². The van der Waals surface area contributed by atoms with Gasteiger partial charge in [-0.25, -0.2) is 0 Å². The molecule has 1 unspecified atom stereocenters. The normalized spacial score (nSPS) is 13.5. The summed E-state index contributed by atoms with van der Waals surface area (Å²) >= 11 is 0. The average Bonchev–Trinajstić information content (AvgIpc) is 2.30. The van der Waals surface area contributed by atoms with Gasteiger partial charge in [0.05, 0.1) is 6.10 Å². The van der Waals surface area contributed by atoms with E-state index in [1.807, 2.05) is 32.0 Å². The predicted octanol–water partition coefficient (Wildman–Crippen LogP) is 3.37. The summed E-state index contributed by atoms with van der Waals surface area (Å²) in [5.74, 6) is 0.00629. The fraction of sp³-hybridized carbons (Fsp3) is 0.400. The van der Waals surface area contributed by atoms with Crippen molar-refractivity contribution in [2.24, 2.45) is 0 Å². The fourth-order valence-electron chi connectivity index (χ4n) is 1.78. The van der Waals surface area contributed by atoms with Gasteiger partial charge in [-0.1, -0.05) is 49.2 Å². The molecule has 0 aliphatic rings. The largest absolute Gasteiger partial charge is 0.393 e. The smallest absolute Gasteiger partial charge is 0.185 e. The Morgan fingerprint density at radius 2 is 2.00 bits per heavy atom. The zero-order valence-corrected chi connectivity index (χ0v) is 10.5. The molecule has 1 N–H and O–H groups in total. The molecule has 0 aromatic heterocycles. The van der Waals surface area contributed by atoms with E-state index in [1.54, 1.807) is 18.2 Å². The van der Waals surface area contributed by atoms with Gasteiger partial charge >= 0.3 is 0 Å². The quantitative estimate of drug-likeness (QED) is 0.603. The number of aliphatic hydroxyl groups excluding tert-OH is 1. The second-order valence-electron chi connectivity index (χ2n) is 4.37. The SMILES string of the molecule is CCCC(O)C/C(C)=C/C(=O)c1ccccc1. The van der Waals surface area contributed by atoms with Gasteiger partial charge in [0, 0.05) is 5.56 Å². The van der Waals surface area contributed by atoms with Crippen molar-refractivity contribution in [2.45, 2.75) is 39.2 Å². The molecule has 0 spiro atoms. The Labute approximate surface area is 103 Å². The van der Waals surface area contributed by atoms with Crippen molar-refractivity contribution in [3.8, 4) is 0 Å². The minimum Gasteiger partial charge on any atom is -0.393 e. The number of benzene rings is 1. The monoisotopic (exact) mass is 232 g/mol. The highest BCUT2D eigenvalue weighted by molar-refractivity contribution is 6.04. The lowest BCUT2D eigenvalue weighted by Crippen LogP contribution is -2.07. The van der Waals surface area contributed by atoms with Gasteiger partial charge in [-0.15, -0.1) is 0 Å². The molecule has 0 bridgehead atoms. The third-order valence-electron chi connectivity index (χ3n) is 2.62. The van der Waals surface area contributed by atoms with Crippen LogP contribution in [0, 0.1) is 0 Å². The van der Waals surface area contributed by atoms with Crippen molar-refractivity contribution in [3.05, 3.63) is 47.5 Å². The summed E-state index contributed by atoms with van der Waals surface area (Å²) in [5, 5.41) is 9.65. The minimum absolute atomic E-state index is 0.00629. The summed E-state index contributed by atoms with van der Waals surface area (Å²) in [4.78, 5) is 11.8. The lowest BCUT2D eigenvalue weighted by Gasteiger charge is -2.08. The number of rotatable bonds is 6. The molecule has 1 atom stereocenters. The van der Waals surface area contributed by atoms with Crippen LogP contribution in [0.5, 0.6) is 0 Å².